The maximum atomic E-state index is 5.40. The fourth-order valence-corrected chi connectivity index (χ4v) is 7.61. The Hall–Kier alpha value is -6.97. The molecule has 242 valence electrons. The van der Waals surface area contributed by atoms with Gasteiger partial charge in [-0.25, -0.2) is 15.0 Å². The van der Waals surface area contributed by atoms with Crippen LogP contribution >= 0.6 is 0 Å². The molecule has 0 aliphatic carbocycles. The van der Waals surface area contributed by atoms with Gasteiger partial charge in [0.2, 0.25) is 0 Å². The summed E-state index contributed by atoms with van der Waals surface area (Å²) in [5.74, 6) is 0.690. The predicted molar refractivity (Wildman–Crippen MR) is 217 cm³/mol. The lowest BCUT2D eigenvalue weighted by molar-refractivity contribution is 1.18. The molecule has 0 aliphatic rings. The normalized spacial score (nSPS) is 11.5. The van der Waals surface area contributed by atoms with Crippen LogP contribution in [0.3, 0.4) is 0 Å². The van der Waals surface area contributed by atoms with Crippen molar-refractivity contribution in [3.05, 3.63) is 188 Å². The van der Waals surface area contributed by atoms with Crippen LogP contribution in [-0.2, 0) is 0 Å². The van der Waals surface area contributed by atoms with Crippen molar-refractivity contribution >= 4 is 43.2 Å². The van der Waals surface area contributed by atoms with Gasteiger partial charge in [-0.2, -0.15) is 0 Å². The molecule has 2 heterocycles. The van der Waals surface area contributed by atoms with E-state index in [4.69, 9.17) is 15.0 Å². The van der Waals surface area contributed by atoms with Gasteiger partial charge in [0, 0.05) is 38.4 Å². The number of rotatable bonds is 5. The van der Waals surface area contributed by atoms with Crippen LogP contribution < -0.4 is 0 Å². The van der Waals surface area contributed by atoms with E-state index in [1.165, 1.54) is 32.5 Å². The Balaban J connectivity index is 1.21. The van der Waals surface area contributed by atoms with Gasteiger partial charge in [-0.05, 0) is 56.9 Å². The minimum Gasteiger partial charge on any atom is -0.247 e. The van der Waals surface area contributed by atoms with Crippen molar-refractivity contribution in [2.45, 2.75) is 0 Å². The molecule has 0 atom stereocenters. The SMILES string of the molecule is c1ccc(-c2cccc(-c3cc(-c4cccc(-c5nc6ccccc6c6c7ccccc7c7ccccc7c56)c4)nc(-c4ccccc4)n3)c2)cc1. The molecule has 0 fully saturated rings. The standard InChI is InChI=1S/C49H31N3/c1-3-15-32(16-4-1)34-19-13-20-35(29-34)44-31-45(52-49(51-44)33-17-5-2-6-18-33)36-21-14-22-37(30-36)48-47-41-26-10-8-24-39(41)38-23-7-9-25-40(38)46(47)42-27-11-12-28-43(42)50-48/h1-31H. The summed E-state index contributed by atoms with van der Waals surface area (Å²) in [6, 6.07) is 66.1. The van der Waals surface area contributed by atoms with Gasteiger partial charge in [-0.15, -0.1) is 0 Å². The maximum absolute atomic E-state index is 5.40. The predicted octanol–water partition coefficient (Wildman–Crippen LogP) is 12.8. The van der Waals surface area contributed by atoms with Crippen LogP contribution in [0.25, 0.3) is 99.5 Å². The molecular formula is C49H31N3. The summed E-state index contributed by atoms with van der Waals surface area (Å²) in [4.78, 5) is 15.7. The first-order valence-corrected chi connectivity index (χ1v) is 17.6. The number of nitrogens with zero attached hydrogens (tertiary/aromatic N) is 3. The molecule has 0 saturated heterocycles. The van der Waals surface area contributed by atoms with E-state index in [-0.39, 0.29) is 0 Å². The minimum atomic E-state index is 0.690. The van der Waals surface area contributed by atoms with E-state index in [9.17, 15) is 0 Å². The monoisotopic (exact) mass is 661 g/mol. The van der Waals surface area contributed by atoms with Crippen LogP contribution in [0.15, 0.2) is 188 Å². The van der Waals surface area contributed by atoms with E-state index < -0.39 is 0 Å². The second-order valence-electron chi connectivity index (χ2n) is 13.2. The topological polar surface area (TPSA) is 38.7 Å². The van der Waals surface area contributed by atoms with Gasteiger partial charge in [0.15, 0.2) is 5.82 Å². The number of benzene rings is 8. The van der Waals surface area contributed by atoms with Crippen molar-refractivity contribution in [2.24, 2.45) is 0 Å². The van der Waals surface area contributed by atoms with Gasteiger partial charge in [0.25, 0.3) is 0 Å². The third-order valence-corrected chi connectivity index (χ3v) is 10.0. The van der Waals surface area contributed by atoms with Crippen LogP contribution in [0.5, 0.6) is 0 Å². The summed E-state index contributed by atoms with van der Waals surface area (Å²) in [5, 5.41) is 8.46. The molecule has 10 aromatic rings. The first kappa shape index (κ1) is 29.9. The maximum Gasteiger partial charge on any atom is 0.160 e. The molecule has 3 heteroatoms. The van der Waals surface area contributed by atoms with Gasteiger partial charge in [0.05, 0.1) is 22.6 Å². The second-order valence-corrected chi connectivity index (χ2v) is 13.2. The number of hydrogen-bond donors (Lipinski definition) is 0. The van der Waals surface area contributed by atoms with E-state index in [0.29, 0.717) is 5.82 Å². The lowest BCUT2D eigenvalue weighted by atomic mass is 9.89. The molecule has 0 unspecified atom stereocenters. The summed E-state index contributed by atoms with van der Waals surface area (Å²) < 4.78 is 0. The molecule has 0 aliphatic heterocycles. The fourth-order valence-electron chi connectivity index (χ4n) is 7.61. The van der Waals surface area contributed by atoms with Crippen LogP contribution in [0.1, 0.15) is 0 Å². The van der Waals surface area contributed by atoms with E-state index in [1.54, 1.807) is 0 Å². The van der Waals surface area contributed by atoms with Gasteiger partial charge < -0.3 is 0 Å². The summed E-state index contributed by atoms with van der Waals surface area (Å²) in [5.41, 5.74) is 10.1. The number of para-hydroxylation sites is 1. The van der Waals surface area contributed by atoms with Gasteiger partial charge in [0.1, 0.15) is 0 Å². The lowest BCUT2D eigenvalue weighted by Crippen LogP contribution is -1.97. The Bertz CT molecular complexity index is 2950. The Morgan fingerprint density at radius 1 is 0.269 bits per heavy atom. The van der Waals surface area contributed by atoms with Crippen LogP contribution in [0.2, 0.25) is 0 Å². The highest BCUT2D eigenvalue weighted by Gasteiger charge is 2.18. The van der Waals surface area contributed by atoms with Crippen LogP contribution in [0.4, 0.5) is 0 Å². The highest BCUT2D eigenvalue weighted by Crippen LogP contribution is 2.43. The molecular weight excluding hydrogens is 631 g/mol. The van der Waals surface area contributed by atoms with Crippen molar-refractivity contribution < 1.29 is 0 Å². The Morgan fingerprint density at radius 3 is 1.38 bits per heavy atom. The van der Waals surface area contributed by atoms with Crippen molar-refractivity contribution in [2.75, 3.05) is 0 Å². The van der Waals surface area contributed by atoms with Crippen LogP contribution in [0, 0.1) is 0 Å². The molecule has 0 N–H and O–H groups in total. The van der Waals surface area contributed by atoms with Crippen LogP contribution in [-0.4, -0.2) is 15.0 Å². The molecule has 3 nitrogen and oxygen atoms in total. The quantitative estimate of drug-likeness (QED) is 0.172. The summed E-state index contributed by atoms with van der Waals surface area (Å²) in [6.45, 7) is 0. The van der Waals surface area contributed by atoms with Crippen molar-refractivity contribution in [1.29, 1.82) is 0 Å². The molecule has 0 amide bonds. The number of hydrogen-bond acceptors (Lipinski definition) is 3. The highest BCUT2D eigenvalue weighted by atomic mass is 14.9. The van der Waals surface area contributed by atoms with E-state index in [2.05, 4.69) is 164 Å². The molecule has 0 radical (unpaired) electrons. The second kappa shape index (κ2) is 12.4. The van der Waals surface area contributed by atoms with Gasteiger partial charge in [-0.1, -0.05) is 164 Å². The lowest BCUT2D eigenvalue weighted by Gasteiger charge is -2.17. The van der Waals surface area contributed by atoms with Crippen molar-refractivity contribution in [3.8, 4) is 56.3 Å². The average Bonchev–Trinajstić information content (AvgIpc) is 3.24. The molecule has 0 spiro atoms. The fraction of sp³-hybridized carbons (Fsp3) is 0. The molecule has 0 saturated carbocycles. The summed E-state index contributed by atoms with van der Waals surface area (Å²) >= 11 is 0. The minimum absolute atomic E-state index is 0.690. The number of fused-ring (bicyclic) bond motifs is 8. The van der Waals surface area contributed by atoms with E-state index in [0.717, 1.165) is 61.2 Å². The molecule has 52 heavy (non-hydrogen) atoms. The molecule has 10 rings (SSSR count). The number of aromatic nitrogens is 3. The zero-order valence-corrected chi connectivity index (χ0v) is 28.2. The third kappa shape index (κ3) is 5.10. The molecule has 8 aromatic carbocycles. The van der Waals surface area contributed by atoms with Crippen molar-refractivity contribution in [1.82, 2.24) is 15.0 Å². The smallest absolute Gasteiger partial charge is 0.160 e. The van der Waals surface area contributed by atoms with Gasteiger partial charge in [-0.3, -0.25) is 0 Å². The third-order valence-electron chi connectivity index (χ3n) is 10.0. The Labute approximate surface area is 301 Å². The van der Waals surface area contributed by atoms with Gasteiger partial charge >= 0.3 is 0 Å². The highest BCUT2D eigenvalue weighted by molar-refractivity contribution is 6.33. The zero-order valence-electron chi connectivity index (χ0n) is 28.2. The largest absolute Gasteiger partial charge is 0.247 e. The summed E-state index contributed by atoms with van der Waals surface area (Å²) in [7, 11) is 0. The Kier molecular flexibility index (Phi) is 7.14. The average molecular weight is 662 g/mol. The summed E-state index contributed by atoms with van der Waals surface area (Å²) in [6.07, 6.45) is 0. The van der Waals surface area contributed by atoms with Crippen molar-refractivity contribution in [3.63, 3.8) is 0 Å². The number of pyridine rings is 1. The first-order chi connectivity index (χ1) is 25.8. The molecule has 2 aromatic heterocycles. The molecule has 0 bridgehead atoms. The zero-order chi connectivity index (χ0) is 34.4. The van der Waals surface area contributed by atoms with E-state index in [1.807, 2.05) is 24.3 Å². The first-order valence-electron chi connectivity index (χ1n) is 17.6. The Morgan fingerprint density at radius 2 is 0.731 bits per heavy atom. The van der Waals surface area contributed by atoms with E-state index >= 15 is 0 Å².